The van der Waals surface area contributed by atoms with Crippen LogP contribution in [0.3, 0.4) is 0 Å². The molecule has 0 saturated heterocycles. The summed E-state index contributed by atoms with van der Waals surface area (Å²) in [6.07, 6.45) is -3.63. The van der Waals surface area contributed by atoms with E-state index in [-0.39, 0.29) is 36.3 Å². The molecule has 0 bridgehead atoms. The maximum Gasteiger partial charge on any atom is 0.586 e. The van der Waals surface area contributed by atoms with Crippen molar-refractivity contribution in [2.45, 2.75) is 33.5 Å². The van der Waals surface area contributed by atoms with Crippen LogP contribution in [0.15, 0.2) is 18.2 Å². The molecule has 0 atom stereocenters. The molecule has 23 heavy (non-hydrogen) atoms. The van der Waals surface area contributed by atoms with E-state index in [9.17, 15) is 18.4 Å². The Kier molecular flexibility index (Phi) is 4.44. The number of hydrogen-bond acceptors (Lipinski definition) is 4. The second-order valence-corrected chi connectivity index (χ2v) is 6.13. The average molecular weight is 328 g/mol. The van der Waals surface area contributed by atoms with Gasteiger partial charge in [-0.15, -0.1) is 8.78 Å². The van der Waals surface area contributed by atoms with Gasteiger partial charge in [0.05, 0.1) is 0 Å². The summed E-state index contributed by atoms with van der Waals surface area (Å²) in [5.74, 6) is -0.750. The van der Waals surface area contributed by atoms with Gasteiger partial charge in [0.1, 0.15) is 0 Å². The van der Waals surface area contributed by atoms with Crippen LogP contribution in [-0.4, -0.2) is 24.7 Å². The van der Waals surface area contributed by atoms with Crippen molar-refractivity contribution in [1.82, 2.24) is 5.32 Å². The number of rotatable bonds is 4. The molecular weight excluding hydrogens is 310 g/mol. The second kappa shape index (κ2) is 6.02. The lowest BCUT2D eigenvalue weighted by atomic mass is 9.96. The first-order valence-corrected chi connectivity index (χ1v) is 7.05. The zero-order valence-corrected chi connectivity index (χ0v) is 13.0. The lowest BCUT2D eigenvalue weighted by molar-refractivity contribution is -0.286. The van der Waals surface area contributed by atoms with Gasteiger partial charge in [-0.1, -0.05) is 20.8 Å². The Morgan fingerprint density at radius 2 is 1.83 bits per heavy atom. The highest BCUT2D eigenvalue weighted by Gasteiger charge is 2.43. The van der Waals surface area contributed by atoms with Gasteiger partial charge in [-0.25, -0.2) is 0 Å². The Balaban J connectivity index is 1.84. The van der Waals surface area contributed by atoms with Crippen molar-refractivity contribution < 1.29 is 27.8 Å². The molecule has 0 aromatic heterocycles. The predicted octanol–water partition coefficient (Wildman–Crippen LogP) is 2.50. The van der Waals surface area contributed by atoms with Crippen molar-refractivity contribution in [2.24, 2.45) is 5.41 Å². The van der Waals surface area contributed by atoms with Gasteiger partial charge in [-0.2, -0.15) is 0 Å². The lowest BCUT2D eigenvalue weighted by Crippen LogP contribution is -2.36. The van der Waals surface area contributed by atoms with Gasteiger partial charge in [-0.3, -0.25) is 9.59 Å². The van der Waals surface area contributed by atoms with E-state index in [1.54, 1.807) is 20.8 Å². The minimum atomic E-state index is -3.69. The molecule has 8 heteroatoms. The first kappa shape index (κ1) is 17.0. The standard InChI is InChI=1S/C15H18F2N2O4/c1-14(2,3)13(21)18-7-6-12(20)19-9-4-5-10-11(8-9)23-15(16,17)22-10/h4-5,8H,6-7H2,1-3H3,(H,18,21)(H,19,20). The highest BCUT2D eigenvalue weighted by Crippen LogP contribution is 2.42. The summed E-state index contributed by atoms with van der Waals surface area (Å²) in [5.41, 5.74) is -0.226. The summed E-state index contributed by atoms with van der Waals surface area (Å²) in [7, 11) is 0. The number of ether oxygens (including phenoxy) is 2. The second-order valence-electron chi connectivity index (χ2n) is 6.13. The Hall–Kier alpha value is -2.38. The molecule has 1 aliphatic heterocycles. The first-order chi connectivity index (χ1) is 10.6. The van der Waals surface area contributed by atoms with Crippen molar-refractivity contribution in [1.29, 1.82) is 0 Å². The number of alkyl halides is 2. The van der Waals surface area contributed by atoms with Crippen molar-refractivity contribution >= 4 is 17.5 Å². The van der Waals surface area contributed by atoms with E-state index >= 15 is 0 Å². The molecule has 0 aliphatic carbocycles. The molecular formula is C15H18F2N2O4. The van der Waals surface area contributed by atoms with Crippen LogP contribution in [0.2, 0.25) is 0 Å². The van der Waals surface area contributed by atoms with Crippen LogP contribution in [-0.2, 0) is 9.59 Å². The van der Waals surface area contributed by atoms with Gasteiger partial charge in [0.25, 0.3) is 0 Å². The number of anilines is 1. The van der Waals surface area contributed by atoms with E-state index in [1.807, 2.05) is 0 Å². The zero-order chi connectivity index (χ0) is 17.3. The minimum Gasteiger partial charge on any atom is -0.395 e. The van der Waals surface area contributed by atoms with E-state index in [2.05, 4.69) is 20.1 Å². The third kappa shape index (κ3) is 4.54. The molecule has 6 nitrogen and oxygen atoms in total. The van der Waals surface area contributed by atoms with Crippen LogP contribution in [0.4, 0.5) is 14.5 Å². The van der Waals surface area contributed by atoms with E-state index in [0.717, 1.165) is 0 Å². The van der Waals surface area contributed by atoms with Gasteiger partial charge in [0.15, 0.2) is 11.5 Å². The van der Waals surface area contributed by atoms with E-state index < -0.39 is 11.7 Å². The molecule has 0 fully saturated rings. The summed E-state index contributed by atoms with van der Waals surface area (Å²) in [5, 5.41) is 5.19. The zero-order valence-electron chi connectivity index (χ0n) is 13.0. The Labute approximate surface area is 132 Å². The van der Waals surface area contributed by atoms with Crippen LogP contribution in [0.5, 0.6) is 11.5 Å². The number of hydrogen-bond donors (Lipinski definition) is 2. The fourth-order valence-electron chi connectivity index (χ4n) is 1.80. The van der Waals surface area contributed by atoms with Gasteiger partial charge in [0.2, 0.25) is 11.8 Å². The fraction of sp³-hybridized carbons (Fsp3) is 0.467. The molecule has 2 rings (SSSR count). The number of halogens is 2. The Morgan fingerprint density at radius 3 is 2.48 bits per heavy atom. The minimum absolute atomic E-state index is 0.0619. The van der Waals surface area contributed by atoms with Crippen LogP contribution >= 0.6 is 0 Å². The van der Waals surface area contributed by atoms with Gasteiger partial charge >= 0.3 is 6.29 Å². The van der Waals surface area contributed by atoms with Crippen LogP contribution in [0.1, 0.15) is 27.2 Å². The number of carbonyl (C=O) groups excluding carboxylic acids is 2. The van der Waals surface area contributed by atoms with Crippen molar-refractivity contribution in [3.63, 3.8) is 0 Å². The molecule has 1 heterocycles. The average Bonchev–Trinajstić information content (AvgIpc) is 2.70. The van der Waals surface area contributed by atoms with Crippen LogP contribution in [0, 0.1) is 5.41 Å². The van der Waals surface area contributed by atoms with Gasteiger partial charge in [-0.05, 0) is 12.1 Å². The van der Waals surface area contributed by atoms with E-state index in [0.29, 0.717) is 5.69 Å². The third-order valence-corrected chi connectivity index (χ3v) is 3.00. The lowest BCUT2D eigenvalue weighted by Gasteiger charge is -2.17. The number of amides is 2. The molecule has 2 amide bonds. The Morgan fingerprint density at radius 1 is 1.17 bits per heavy atom. The highest BCUT2D eigenvalue weighted by atomic mass is 19.3. The van der Waals surface area contributed by atoms with Gasteiger partial charge in [0, 0.05) is 30.1 Å². The molecule has 1 aromatic carbocycles. The summed E-state index contributed by atoms with van der Waals surface area (Å²) in [6.45, 7) is 5.49. The van der Waals surface area contributed by atoms with Crippen molar-refractivity contribution in [2.75, 3.05) is 11.9 Å². The first-order valence-electron chi connectivity index (χ1n) is 7.05. The number of benzene rings is 1. The predicted molar refractivity (Wildman–Crippen MR) is 78.4 cm³/mol. The summed E-state index contributed by atoms with van der Waals surface area (Å²) in [6, 6.07) is 3.96. The monoisotopic (exact) mass is 328 g/mol. The largest absolute Gasteiger partial charge is 0.586 e. The maximum absolute atomic E-state index is 12.9. The SMILES string of the molecule is CC(C)(C)C(=O)NCCC(=O)Nc1ccc2c(c1)OC(F)(F)O2. The van der Waals surface area contributed by atoms with Crippen LogP contribution in [0.25, 0.3) is 0 Å². The molecule has 1 aliphatic rings. The fourth-order valence-corrected chi connectivity index (χ4v) is 1.80. The van der Waals surface area contributed by atoms with Crippen LogP contribution < -0.4 is 20.1 Å². The third-order valence-electron chi connectivity index (χ3n) is 3.00. The molecule has 1 aromatic rings. The number of nitrogens with one attached hydrogen (secondary N) is 2. The van der Waals surface area contributed by atoms with Crippen molar-refractivity contribution in [3.8, 4) is 11.5 Å². The number of fused-ring (bicyclic) bond motifs is 1. The molecule has 0 spiro atoms. The quantitative estimate of drug-likeness (QED) is 0.890. The molecule has 0 radical (unpaired) electrons. The summed E-state index contributed by atoms with van der Waals surface area (Å²) < 4.78 is 34.4. The maximum atomic E-state index is 12.9. The summed E-state index contributed by atoms with van der Waals surface area (Å²) >= 11 is 0. The van der Waals surface area contributed by atoms with Gasteiger partial charge < -0.3 is 20.1 Å². The topological polar surface area (TPSA) is 76.7 Å². The van der Waals surface area contributed by atoms with E-state index in [4.69, 9.17) is 0 Å². The smallest absolute Gasteiger partial charge is 0.395 e. The molecule has 0 saturated carbocycles. The molecule has 126 valence electrons. The molecule has 2 N–H and O–H groups in total. The molecule has 0 unspecified atom stereocenters. The Bertz CT molecular complexity index is 626. The van der Waals surface area contributed by atoms with E-state index in [1.165, 1.54) is 18.2 Å². The number of carbonyl (C=O) groups is 2. The normalized spacial score (nSPS) is 15.2. The van der Waals surface area contributed by atoms with Crippen molar-refractivity contribution in [3.05, 3.63) is 18.2 Å². The summed E-state index contributed by atoms with van der Waals surface area (Å²) in [4.78, 5) is 23.4. The highest BCUT2D eigenvalue weighted by molar-refractivity contribution is 5.91.